The van der Waals surface area contributed by atoms with Gasteiger partial charge in [0.25, 0.3) is 11.7 Å². The number of fused-ring (bicyclic) bond motifs is 1. The summed E-state index contributed by atoms with van der Waals surface area (Å²) in [6.07, 6.45) is 1.65. The van der Waals surface area contributed by atoms with Crippen molar-refractivity contribution in [2.45, 2.75) is 38.8 Å². The number of carbonyl (C=O) groups is 2. The summed E-state index contributed by atoms with van der Waals surface area (Å²) >= 11 is 0. The summed E-state index contributed by atoms with van der Waals surface area (Å²) in [5.41, 5.74) is 2.32. The number of hydrogen-bond acceptors (Lipinski definition) is 7. The van der Waals surface area contributed by atoms with Crippen molar-refractivity contribution in [3.8, 4) is 11.5 Å². The number of aliphatic hydroxyl groups excluding tert-OH is 1. The van der Waals surface area contributed by atoms with Crippen molar-refractivity contribution in [1.29, 1.82) is 0 Å². The standard InChI is InChI=1S/C29H34N2O6/c1-3-13-36-23-6-4-5-20(18-23)26-25(27(32)21-7-8-24-22(17-21)16-19(2)37-24)28(33)29(34)31(26)10-9-30-11-14-35-15-12-30/h4-8,17-19,26,32H,3,9-16H2,1-2H3/b27-25+/t19-,26+/m1/s1. The van der Waals surface area contributed by atoms with E-state index in [2.05, 4.69) is 4.90 Å². The lowest BCUT2D eigenvalue weighted by atomic mass is 9.94. The molecule has 3 aliphatic rings. The predicted molar refractivity (Wildman–Crippen MR) is 139 cm³/mol. The molecule has 0 spiro atoms. The van der Waals surface area contributed by atoms with Crippen molar-refractivity contribution in [3.63, 3.8) is 0 Å². The van der Waals surface area contributed by atoms with Crippen LogP contribution in [0.1, 0.15) is 43.0 Å². The highest BCUT2D eigenvalue weighted by Crippen LogP contribution is 2.41. The van der Waals surface area contributed by atoms with Gasteiger partial charge in [-0.1, -0.05) is 19.1 Å². The van der Waals surface area contributed by atoms with E-state index in [1.165, 1.54) is 0 Å². The zero-order valence-corrected chi connectivity index (χ0v) is 21.4. The van der Waals surface area contributed by atoms with Gasteiger partial charge in [0.15, 0.2) is 0 Å². The Hall–Kier alpha value is -3.36. The number of carbonyl (C=O) groups excluding carboxylic acids is 2. The molecule has 0 aromatic heterocycles. The minimum Gasteiger partial charge on any atom is -0.507 e. The lowest BCUT2D eigenvalue weighted by molar-refractivity contribution is -0.140. The Morgan fingerprint density at radius 3 is 2.70 bits per heavy atom. The normalized spacial score (nSPS) is 23.2. The molecule has 2 saturated heterocycles. The molecule has 0 saturated carbocycles. The molecule has 3 aliphatic heterocycles. The Morgan fingerprint density at radius 2 is 1.92 bits per heavy atom. The van der Waals surface area contributed by atoms with Crippen LogP contribution < -0.4 is 9.47 Å². The second kappa shape index (κ2) is 10.9. The van der Waals surface area contributed by atoms with E-state index in [1.54, 1.807) is 11.0 Å². The van der Waals surface area contributed by atoms with E-state index < -0.39 is 17.7 Å². The Balaban J connectivity index is 1.53. The highest BCUT2D eigenvalue weighted by molar-refractivity contribution is 6.46. The highest BCUT2D eigenvalue weighted by atomic mass is 16.5. The molecule has 0 unspecified atom stereocenters. The number of benzene rings is 2. The first-order chi connectivity index (χ1) is 18.0. The first kappa shape index (κ1) is 25.3. The molecular weight excluding hydrogens is 472 g/mol. The van der Waals surface area contributed by atoms with Gasteiger partial charge in [0.1, 0.15) is 23.4 Å². The van der Waals surface area contributed by atoms with E-state index in [0.717, 1.165) is 42.8 Å². The van der Waals surface area contributed by atoms with Gasteiger partial charge in [-0.3, -0.25) is 14.5 Å². The molecule has 2 aromatic carbocycles. The largest absolute Gasteiger partial charge is 0.507 e. The number of likely N-dealkylation sites (tertiary alicyclic amines) is 1. The summed E-state index contributed by atoms with van der Waals surface area (Å²) in [5.74, 6) is 0.0147. The number of rotatable bonds is 8. The molecule has 3 heterocycles. The van der Waals surface area contributed by atoms with Crippen molar-refractivity contribution >= 4 is 17.4 Å². The van der Waals surface area contributed by atoms with Gasteiger partial charge in [-0.05, 0) is 54.8 Å². The van der Waals surface area contributed by atoms with Gasteiger partial charge in [0, 0.05) is 38.2 Å². The first-order valence-corrected chi connectivity index (χ1v) is 13.1. The molecule has 37 heavy (non-hydrogen) atoms. The monoisotopic (exact) mass is 506 g/mol. The Labute approximate surface area is 217 Å². The van der Waals surface area contributed by atoms with Crippen molar-refractivity contribution in [1.82, 2.24) is 9.80 Å². The van der Waals surface area contributed by atoms with Crippen LogP contribution in [-0.2, 0) is 20.7 Å². The maximum Gasteiger partial charge on any atom is 0.295 e. The van der Waals surface area contributed by atoms with Gasteiger partial charge in [0.05, 0.1) is 31.4 Å². The number of morpholine rings is 1. The Kier molecular flexibility index (Phi) is 7.48. The van der Waals surface area contributed by atoms with E-state index >= 15 is 0 Å². The third-order valence-corrected chi connectivity index (χ3v) is 7.12. The smallest absolute Gasteiger partial charge is 0.295 e. The number of Topliss-reactive ketones (excluding diaryl/α,β-unsaturated/α-hetero) is 1. The lowest BCUT2D eigenvalue weighted by Crippen LogP contribution is -2.42. The predicted octanol–water partition coefficient (Wildman–Crippen LogP) is 3.55. The quantitative estimate of drug-likeness (QED) is 0.333. The van der Waals surface area contributed by atoms with Gasteiger partial charge in [-0.25, -0.2) is 0 Å². The Morgan fingerprint density at radius 1 is 1.11 bits per heavy atom. The summed E-state index contributed by atoms with van der Waals surface area (Å²) in [4.78, 5) is 30.5. The van der Waals surface area contributed by atoms with Crippen molar-refractivity contribution in [2.24, 2.45) is 0 Å². The molecule has 0 bridgehead atoms. The number of hydrogen-bond donors (Lipinski definition) is 1. The van der Waals surface area contributed by atoms with Crippen LogP contribution in [0.2, 0.25) is 0 Å². The summed E-state index contributed by atoms with van der Waals surface area (Å²) in [5, 5.41) is 11.5. The van der Waals surface area contributed by atoms with Gasteiger partial charge in [0.2, 0.25) is 0 Å². The molecule has 0 aliphatic carbocycles. The molecule has 2 fully saturated rings. The van der Waals surface area contributed by atoms with Crippen LogP contribution in [0.4, 0.5) is 0 Å². The van der Waals surface area contributed by atoms with Gasteiger partial charge in [-0.2, -0.15) is 0 Å². The van der Waals surface area contributed by atoms with Gasteiger partial charge in [-0.15, -0.1) is 0 Å². The zero-order valence-electron chi connectivity index (χ0n) is 21.4. The summed E-state index contributed by atoms with van der Waals surface area (Å²) in [6.45, 7) is 8.44. The number of aliphatic hydroxyl groups is 1. The van der Waals surface area contributed by atoms with E-state index in [-0.39, 0.29) is 17.4 Å². The van der Waals surface area contributed by atoms with Gasteiger partial charge >= 0.3 is 0 Å². The molecule has 1 amide bonds. The molecular formula is C29H34N2O6. The van der Waals surface area contributed by atoms with Crippen LogP contribution in [0.25, 0.3) is 5.76 Å². The number of nitrogens with zero attached hydrogens (tertiary/aromatic N) is 2. The summed E-state index contributed by atoms with van der Waals surface area (Å²) in [6, 6.07) is 12.2. The number of ether oxygens (including phenoxy) is 3. The molecule has 2 aromatic rings. The number of amides is 1. The van der Waals surface area contributed by atoms with E-state index in [4.69, 9.17) is 14.2 Å². The second-order valence-electron chi connectivity index (χ2n) is 9.82. The minimum atomic E-state index is -0.713. The molecule has 2 atom stereocenters. The van der Waals surface area contributed by atoms with E-state index in [1.807, 2.05) is 50.2 Å². The van der Waals surface area contributed by atoms with Crippen LogP contribution in [0.5, 0.6) is 11.5 Å². The second-order valence-corrected chi connectivity index (χ2v) is 9.82. The van der Waals surface area contributed by atoms with Crippen LogP contribution in [0, 0.1) is 0 Å². The molecule has 0 radical (unpaired) electrons. The first-order valence-electron chi connectivity index (χ1n) is 13.1. The summed E-state index contributed by atoms with van der Waals surface area (Å²) < 4.78 is 17.1. The zero-order chi connectivity index (χ0) is 25.9. The average molecular weight is 507 g/mol. The van der Waals surface area contributed by atoms with Crippen LogP contribution >= 0.6 is 0 Å². The van der Waals surface area contributed by atoms with E-state index in [9.17, 15) is 14.7 Å². The third kappa shape index (κ3) is 5.22. The van der Waals surface area contributed by atoms with Crippen LogP contribution in [0.3, 0.4) is 0 Å². The molecule has 196 valence electrons. The van der Waals surface area contributed by atoms with Crippen LogP contribution in [0.15, 0.2) is 48.0 Å². The Bertz CT molecular complexity index is 1200. The molecule has 8 heteroatoms. The fourth-order valence-electron chi connectivity index (χ4n) is 5.25. The lowest BCUT2D eigenvalue weighted by Gasteiger charge is -2.31. The maximum atomic E-state index is 13.4. The fraction of sp³-hybridized carbons (Fsp3) is 0.448. The molecule has 1 N–H and O–H groups in total. The van der Waals surface area contributed by atoms with Crippen LogP contribution in [-0.4, -0.2) is 78.7 Å². The van der Waals surface area contributed by atoms with E-state index in [0.29, 0.717) is 44.2 Å². The van der Waals surface area contributed by atoms with Crippen molar-refractivity contribution in [3.05, 3.63) is 64.7 Å². The maximum absolute atomic E-state index is 13.4. The fourth-order valence-corrected chi connectivity index (χ4v) is 5.25. The highest BCUT2D eigenvalue weighted by Gasteiger charge is 2.46. The van der Waals surface area contributed by atoms with Crippen molar-refractivity contribution < 1.29 is 28.9 Å². The SMILES string of the molecule is CCCOc1cccc([C@H]2/C(=C(\O)c3ccc4c(c3)C[C@@H](C)O4)C(=O)C(=O)N2CCN2CCOCC2)c1. The molecule has 8 nitrogen and oxygen atoms in total. The topological polar surface area (TPSA) is 88.5 Å². The third-order valence-electron chi connectivity index (χ3n) is 7.12. The average Bonchev–Trinajstić information content (AvgIpc) is 3.41. The van der Waals surface area contributed by atoms with Crippen molar-refractivity contribution in [2.75, 3.05) is 46.0 Å². The minimum absolute atomic E-state index is 0.0593. The molecule has 5 rings (SSSR count). The number of ketones is 1. The summed E-state index contributed by atoms with van der Waals surface area (Å²) in [7, 11) is 0. The van der Waals surface area contributed by atoms with Gasteiger partial charge < -0.3 is 24.2 Å².